The Kier molecular flexibility index (Phi) is 5.35. The van der Waals surface area contributed by atoms with E-state index < -0.39 is 0 Å². The molecule has 0 unspecified atom stereocenters. The van der Waals surface area contributed by atoms with E-state index in [1.54, 1.807) is 19.2 Å². The van der Waals surface area contributed by atoms with Crippen molar-refractivity contribution in [3.05, 3.63) is 64.2 Å². The number of anilines is 1. The molecule has 0 saturated carbocycles. The predicted octanol–water partition coefficient (Wildman–Crippen LogP) is 3.88. The molecule has 5 nitrogen and oxygen atoms in total. The van der Waals surface area contributed by atoms with Crippen LogP contribution in [-0.4, -0.2) is 19.7 Å². The molecule has 1 aliphatic rings. The van der Waals surface area contributed by atoms with Gasteiger partial charge in [-0.05, 0) is 41.0 Å². The van der Waals surface area contributed by atoms with Crippen molar-refractivity contribution in [1.82, 2.24) is 5.32 Å². The molecule has 0 bridgehead atoms. The zero-order chi connectivity index (χ0) is 16.9. The fraction of sp³-hybridized carbons (Fsp3) is 0.278. The Morgan fingerprint density at radius 3 is 2.71 bits per heavy atom. The third-order valence-corrected chi connectivity index (χ3v) is 4.14. The lowest BCUT2D eigenvalue weighted by atomic mass is 10.1. The van der Waals surface area contributed by atoms with Gasteiger partial charge in [-0.1, -0.05) is 29.8 Å². The van der Waals surface area contributed by atoms with Crippen LogP contribution >= 0.6 is 11.6 Å². The SMILES string of the molecule is COC[C@@H](NC(=O)Nc1ccc2c(c1)COC2)c1ccc(Cl)cc1. The number of methoxy groups -OCH3 is 1. The van der Waals surface area contributed by atoms with Crippen molar-refractivity contribution < 1.29 is 14.3 Å². The lowest BCUT2D eigenvalue weighted by Crippen LogP contribution is -2.34. The van der Waals surface area contributed by atoms with E-state index in [9.17, 15) is 4.79 Å². The summed E-state index contributed by atoms with van der Waals surface area (Å²) in [5.41, 5.74) is 3.95. The highest BCUT2D eigenvalue weighted by Crippen LogP contribution is 2.23. The van der Waals surface area contributed by atoms with Gasteiger partial charge in [-0.2, -0.15) is 0 Å². The largest absolute Gasteiger partial charge is 0.382 e. The number of benzene rings is 2. The van der Waals surface area contributed by atoms with Crippen LogP contribution in [-0.2, 0) is 22.7 Å². The Bertz CT molecular complexity index is 719. The van der Waals surface area contributed by atoms with Crippen molar-refractivity contribution in [2.24, 2.45) is 0 Å². The Hall–Kier alpha value is -2.08. The average Bonchev–Trinajstić information content (AvgIpc) is 3.03. The number of carbonyl (C=O) groups excluding carboxylic acids is 1. The zero-order valence-corrected chi connectivity index (χ0v) is 14.1. The maximum atomic E-state index is 12.3. The molecule has 126 valence electrons. The Morgan fingerprint density at radius 2 is 1.96 bits per heavy atom. The second-order valence-electron chi connectivity index (χ2n) is 5.63. The van der Waals surface area contributed by atoms with Gasteiger partial charge < -0.3 is 20.1 Å². The molecule has 2 aromatic rings. The second kappa shape index (κ2) is 7.66. The lowest BCUT2D eigenvalue weighted by molar-refractivity contribution is 0.134. The monoisotopic (exact) mass is 346 g/mol. The summed E-state index contributed by atoms with van der Waals surface area (Å²) in [6, 6.07) is 12.6. The number of hydrogen-bond donors (Lipinski definition) is 2. The highest BCUT2D eigenvalue weighted by atomic mass is 35.5. The minimum atomic E-state index is -0.286. The minimum Gasteiger partial charge on any atom is -0.382 e. The van der Waals surface area contributed by atoms with Crippen LogP contribution in [0.2, 0.25) is 5.02 Å². The Morgan fingerprint density at radius 1 is 1.21 bits per heavy atom. The molecule has 6 heteroatoms. The quantitative estimate of drug-likeness (QED) is 0.863. The van der Waals surface area contributed by atoms with E-state index in [4.69, 9.17) is 21.1 Å². The maximum absolute atomic E-state index is 12.3. The number of rotatable bonds is 5. The van der Waals surface area contributed by atoms with Crippen molar-refractivity contribution in [2.75, 3.05) is 19.0 Å². The van der Waals surface area contributed by atoms with Crippen LogP contribution in [0.15, 0.2) is 42.5 Å². The van der Waals surface area contributed by atoms with Gasteiger partial charge in [0.25, 0.3) is 0 Å². The van der Waals surface area contributed by atoms with Crippen LogP contribution in [0.25, 0.3) is 0 Å². The molecule has 24 heavy (non-hydrogen) atoms. The normalized spacial score (nSPS) is 14.1. The molecule has 0 aromatic heterocycles. The summed E-state index contributed by atoms with van der Waals surface area (Å²) in [6.45, 7) is 1.59. The maximum Gasteiger partial charge on any atom is 0.319 e. The number of fused-ring (bicyclic) bond motifs is 1. The molecule has 2 aromatic carbocycles. The average molecular weight is 347 g/mol. The van der Waals surface area contributed by atoms with Crippen LogP contribution in [0.1, 0.15) is 22.7 Å². The third kappa shape index (κ3) is 4.06. The summed E-state index contributed by atoms with van der Waals surface area (Å²) in [6.07, 6.45) is 0. The van der Waals surface area contributed by atoms with E-state index >= 15 is 0 Å². The number of carbonyl (C=O) groups is 1. The third-order valence-electron chi connectivity index (χ3n) is 3.89. The summed E-state index contributed by atoms with van der Waals surface area (Å²) < 4.78 is 10.6. The van der Waals surface area contributed by atoms with Gasteiger partial charge in [0.1, 0.15) is 0 Å². The number of urea groups is 1. The molecule has 0 aliphatic carbocycles. The Labute approximate surface area is 145 Å². The summed E-state index contributed by atoms with van der Waals surface area (Å²) in [7, 11) is 1.60. The van der Waals surface area contributed by atoms with Crippen LogP contribution in [0.4, 0.5) is 10.5 Å². The van der Waals surface area contributed by atoms with Crippen molar-refractivity contribution in [2.45, 2.75) is 19.3 Å². The topological polar surface area (TPSA) is 59.6 Å². The summed E-state index contributed by atoms with van der Waals surface area (Å²) >= 11 is 5.91. The first kappa shape index (κ1) is 16.8. The van der Waals surface area contributed by atoms with Crippen LogP contribution < -0.4 is 10.6 Å². The van der Waals surface area contributed by atoms with Gasteiger partial charge in [0, 0.05) is 17.8 Å². The van der Waals surface area contributed by atoms with Gasteiger partial charge in [0.15, 0.2) is 0 Å². The van der Waals surface area contributed by atoms with Crippen LogP contribution in [0.3, 0.4) is 0 Å². The fourth-order valence-corrected chi connectivity index (χ4v) is 2.78. The van der Waals surface area contributed by atoms with E-state index in [-0.39, 0.29) is 12.1 Å². The number of halogens is 1. The molecule has 0 spiro atoms. The molecular formula is C18H19ClN2O3. The smallest absolute Gasteiger partial charge is 0.319 e. The molecule has 1 heterocycles. The first-order chi connectivity index (χ1) is 11.7. The van der Waals surface area contributed by atoms with Gasteiger partial charge in [0.05, 0.1) is 25.9 Å². The predicted molar refractivity (Wildman–Crippen MR) is 93.2 cm³/mol. The summed E-state index contributed by atoms with van der Waals surface area (Å²) in [5, 5.41) is 6.43. The Balaban J connectivity index is 1.66. The van der Waals surface area contributed by atoms with Gasteiger partial charge in [-0.25, -0.2) is 4.79 Å². The highest BCUT2D eigenvalue weighted by molar-refractivity contribution is 6.30. The van der Waals surface area contributed by atoms with E-state index in [1.807, 2.05) is 30.3 Å². The molecular weight excluding hydrogens is 328 g/mol. The van der Waals surface area contributed by atoms with E-state index in [2.05, 4.69) is 10.6 Å². The number of ether oxygens (including phenoxy) is 2. The number of amides is 2. The zero-order valence-electron chi connectivity index (χ0n) is 13.3. The molecule has 3 rings (SSSR count). The van der Waals surface area contributed by atoms with Crippen molar-refractivity contribution in [3.63, 3.8) is 0 Å². The van der Waals surface area contributed by atoms with Crippen molar-refractivity contribution in [1.29, 1.82) is 0 Å². The van der Waals surface area contributed by atoms with Crippen LogP contribution in [0.5, 0.6) is 0 Å². The van der Waals surface area contributed by atoms with E-state index in [1.165, 1.54) is 5.56 Å². The molecule has 0 radical (unpaired) electrons. The number of hydrogen-bond acceptors (Lipinski definition) is 3. The summed E-state index contributed by atoms with van der Waals surface area (Å²) in [5.74, 6) is 0. The van der Waals surface area contributed by atoms with Gasteiger partial charge in [0.2, 0.25) is 0 Å². The van der Waals surface area contributed by atoms with Crippen molar-refractivity contribution >= 4 is 23.3 Å². The molecule has 1 aliphatic heterocycles. The fourth-order valence-electron chi connectivity index (χ4n) is 2.66. The van der Waals surface area contributed by atoms with E-state index in [0.717, 1.165) is 16.8 Å². The number of nitrogens with one attached hydrogen (secondary N) is 2. The standard InChI is InChI=1S/C18H19ClN2O3/c1-23-11-17(12-2-5-15(19)6-3-12)21-18(22)20-16-7-4-13-9-24-10-14(13)8-16/h2-8,17H,9-11H2,1H3,(H2,20,21,22)/t17-/m1/s1. The molecule has 0 fully saturated rings. The van der Waals surface area contributed by atoms with Gasteiger partial charge >= 0.3 is 6.03 Å². The first-order valence-electron chi connectivity index (χ1n) is 7.67. The molecule has 1 atom stereocenters. The minimum absolute atomic E-state index is 0.259. The van der Waals surface area contributed by atoms with E-state index in [0.29, 0.717) is 24.8 Å². The molecule has 2 amide bonds. The summed E-state index contributed by atoms with van der Waals surface area (Å²) in [4.78, 5) is 12.3. The molecule has 2 N–H and O–H groups in total. The molecule has 0 saturated heterocycles. The first-order valence-corrected chi connectivity index (χ1v) is 8.05. The van der Waals surface area contributed by atoms with Gasteiger partial charge in [-0.15, -0.1) is 0 Å². The van der Waals surface area contributed by atoms with Gasteiger partial charge in [-0.3, -0.25) is 0 Å². The lowest BCUT2D eigenvalue weighted by Gasteiger charge is -2.19. The van der Waals surface area contributed by atoms with Crippen molar-refractivity contribution in [3.8, 4) is 0 Å². The van der Waals surface area contributed by atoms with Crippen LogP contribution in [0, 0.1) is 0 Å². The highest BCUT2D eigenvalue weighted by Gasteiger charge is 2.16. The second-order valence-corrected chi connectivity index (χ2v) is 6.07.